The van der Waals surface area contributed by atoms with Crippen LogP contribution in [0.15, 0.2) is 4.42 Å². The Hall–Kier alpha value is -1.54. The van der Waals surface area contributed by atoms with Gasteiger partial charge in [-0.05, 0) is 19.8 Å². The van der Waals surface area contributed by atoms with Crippen LogP contribution in [0.4, 0.5) is 5.88 Å². The highest BCUT2D eigenvalue weighted by Crippen LogP contribution is 2.36. The van der Waals surface area contributed by atoms with Crippen LogP contribution >= 0.6 is 0 Å². The first-order chi connectivity index (χ1) is 6.65. The lowest BCUT2D eigenvalue weighted by atomic mass is 10.0. The zero-order valence-corrected chi connectivity index (χ0v) is 7.91. The lowest BCUT2D eigenvalue weighted by Gasteiger charge is -2.17. The van der Waals surface area contributed by atoms with Gasteiger partial charge >= 0.3 is 0 Å². The minimum atomic E-state index is -0.511. The summed E-state index contributed by atoms with van der Waals surface area (Å²) in [7, 11) is 0. The van der Waals surface area contributed by atoms with Crippen LogP contribution in [0.1, 0.15) is 31.4 Å². The summed E-state index contributed by atoms with van der Waals surface area (Å²) in [4.78, 5) is 4.00. The Labute approximate surface area is 81.5 Å². The maximum atomic E-state index is 8.67. The van der Waals surface area contributed by atoms with Gasteiger partial charge in [0.15, 0.2) is 0 Å². The molecule has 0 spiro atoms. The number of rotatable bonds is 1. The molecule has 1 fully saturated rings. The molecule has 0 aromatic carbocycles. The summed E-state index contributed by atoms with van der Waals surface area (Å²) >= 11 is 0. The van der Waals surface area contributed by atoms with Crippen molar-refractivity contribution in [2.24, 2.45) is 0 Å². The van der Waals surface area contributed by atoms with Crippen LogP contribution in [-0.2, 0) is 10.3 Å². The number of nitriles is 1. The van der Waals surface area contributed by atoms with Gasteiger partial charge in [0, 0.05) is 6.61 Å². The van der Waals surface area contributed by atoms with Gasteiger partial charge in [0.05, 0.1) is 0 Å². The number of nitrogens with two attached hydrogens (primary N) is 1. The Bertz CT molecular complexity index is 385. The summed E-state index contributed by atoms with van der Waals surface area (Å²) < 4.78 is 10.7. The van der Waals surface area contributed by atoms with E-state index in [0.717, 1.165) is 12.8 Å². The zero-order valence-electron chi connectivity index (χ0n) is 7.91. The monoisotopic (exact) mass is 193 g/mol. The second kappa shape index (κ2) is 3.00. The number of aromatic nitrogens is 1. The summed E-state index contributed by atoms with van der Waals surface area (Å²) in [5.41, 5.74) is 5.10. The Morgan fingerprint density at radius 3 is 2.93 bits per heavy atom. The number of nitrogen functional groups attached to an aromatic ring is 1. The lowest BCUT2D eigenvalue weighted by Crippen LogP contribution is -2.20. The smallest absolute Gasteiger partial charge is 0.230 e. The minimum absolute atomic E-state index is 0.0687. The van der Waals surface area contributed by atoms with Crippen LogP contribution in [0.2, 0.25) is 0 Å². The third-order valence-electron chi connectivity index (χ3n) is 2.43. The van der Waals surface area contributed by atoms with Gasteiger partial charge in [0.2, 0.25) is 17.5 Å². The first kappa shape index (κ1) is 9.03. The fourth-order valence-electron chi connectivity index (χ4n) is 1.59. The van der Waals surface area contributed by atoms with Crippen molar-refractivity contribution in [1.29, 1.82) is 5.26 Å². The van der Waals surface area contributed by atoms with Gasteiger partial charge in [-0.15, -0.1) is 0 Å². The van der Waals surface area contributed by atoms with Crippen molar-refractivity contribution >= 4 is 5.88 Å². The fourth-order valence-corrected chi connectivity index (χ4v) is 1.59. The predicted molar refractivity (Wildman–Crippen MR) is 48.2 cm³/mol. The van der Waals surface area contributed by atoms with Crippen molar-refractivity contribution in [2.75, 3.05) is 12.3 Å². The van der Waals surface area contributed by atoms with Crippen molar-refractivity contribution in [1.82, 2.24) is 4.98 Å². The van der Waals surface area contributed by atoms with Crippen molar-refractivity contribution in [3.63, 3.8) is 0 Å². The Morgan fingerprint density at radius 2 is 2.43 bits per heavy atom. The summed E-state index contributed by atoms with van der Waals surface area (Å²) in [6.07, 6.45) is 1.82. The van der Waals surface area contributed by atoms with E-state index in [1.54, 1.807) is 0 Å². The number of oxazole rings is 1. The molecule has 14 heavy (non-hydrogen) atoms. The van der Waals surface area contributed by atoms with Crippen LogP contribution in [0.25, 0.3) is 0 Å². The van der Waals surface area contributed by atoms with Gasteiger partial charge in [-0.3, -0.25) is 0 Å². The first-order valence-corrected chi connectivity index (χ1v) is 4.46. The molecule has 0 radical (unpaired) electrons. The van der Waals surface area contributed by atoms with Gasteiger partial charge in [-0.2, -0.15) is 10.2 Å². The molecule has 0 saturated carbocycles. The second-order valence-corrected chi connectivity index (χ2v) is 3.53. The van der Waals surface area contributed by atoms with Gasteiger partial charge in [-0.25, -0.2) is 0 Å². The van der Waals surface area contributed by atoms with E-state index in [9.17, 15) is 0 Å². The molecule has 2 rings (SSSR count). The molecule has 1 atom stereocenters. The predicted octanol–water partition coefficient (Wildman–Crippen LogP) is 1.15. The number of nitrogens with zero attached hydrogens (tertiary/aromatic N) is 2. The molecule has 1 aliphatic heterocycles. The van der Waals surface area contributed by atoms with Gasteiger partial charge < -0.3 is 14.9 Å². The molecular formula is C9H11N3O2. The first-order valence-electron chi connectivity index (χ1n) is 4.46. The van der Waals surface area contributed by atoms with E-state index in [1.165, 1.54) is 0 Å². The topological polar surface area (TPSA) is 85.1 Å². The van der Waals surface area contributed by atoms with E-state index < -0.39 is 5.60 Å². The molecule has 2 heterocycles. The number of ether oxygens (including phenoxy) is 1. The molecule has 0 aliphatic carbocycles. The van der Waals surface area contributed by atoms with E-state index in [2.05, 4.69) is 4.98 Å². The second-order valence-electron chi connectivity index (χ2n) is 3.53. The average molecular weight is 193 g/mol. The Morgan fingerprint density at radius 1 is 1.64 bits per heavy atom. The highest BCUT2D eigenvalue weighted by molar-refractivity contribution is 5.41. The van der Waals surface area contributed by atoms with Crippen LogP contribution in [0, 0.1) is 11.3 Å². The van der Waals surface area contributed by atoms with Crippen LogP contribution < -0.4 is 5.73 Å². The molecule has 1 aliphatic rings. The highest BCUT2D eigenvalue weighted by atomic mass is 16.5. The standard InChI is InChI=1S/C9H11N3O2/c1-9(3-2-4-13-9)8-12-6(5-10)7(11)14-8/h2-4,11H2,1H3. The largest absolute Gasteiger partial charge is 0.421 e. The summed E-state index contributed by atoms with van der Waals surface area (Å²) in [6.45, 7) is 2.59. The SMILES string of the molecule is CC1(c2nc(C#N)c(N)o2)CCCO1. The van der Waals surface area contributed by atoms with E-state index in [1.807, 2.05) is 13.0 Å². The van der Waals surface area contributed by atoms with E-state index in [4.69, 9.17) is 20.1 Å². The van der Waals surface area contributed by atoms with Crippen molar-refractivity contribution in [3.05, 3.63) is 11.6 Å². The lowest BCUT2D eigenvalue weighted by molar-refractivity contribution is -0.00472. The van der Waals surface area contributed by atoms with Crippen molar-refractivity contribution in [2.45, 2.75) is 25.4 Å². The highest BCUT2D eigenvalue weighted by Gasteiger charge is 2.37. The van der Waals surface area contributed by atoms with Crippen molar-refractivity contribution in [3.8, 4) is 6.07 Å². The van der Waals surface area contributed by atoms with E-state index >= 15 is 0 Å². The summed E-state index contributed by atoms with van der Waals surface area (Å²) in [5.74, 6) is 0.475. The zero-order chi connectivity index (χ0) is 10.2. The van der Waals surface area contributed by atoms with Gasteiger partial charge in [0.25, 0.3) is 0 Å². The van der Waals surface area contributed by atoms with Crippen LogP contribution in [-0.4, -0.2) is 11.6 Å². The molecule has 1 unspecified atom stereocenters. The van der Waals surface area contributed by atoms with Gasteiger partial charge in [0.1, 0.15) is 11.7 Å². The molecule has 1 aromatic heterocycles. The van der Waals surface area contributed by atoms with E-state index in [0.29, 0.717) is 12.5 Å². The molecule has 0 bridgehead atoms. The number of anilines is 1. The Kier molecular flexibility index (Phi) is 1.93. The van der Waals surface area contributed by atoms with E-state index in [-0.39, 0.29) is 11.6 Å². The molecule has 5 nitrogen and oxygen atoms in total. The minimum Gasteiger partial charge on any atom is -0.421 e. The number of hydrogen-bond donors (Lipinski definition) is 1. The maximum absolute atomic E-state index is 8.67. The molecule has 5 heteroatoms. The van der Waals surface area contributed by atoms with Crippen LogP contribution in [0.3, 0.4) is 0 Å². The summed E-state index contributed by atoms with van der Waals surface area (Å²) in [6, 6.07) is 1.87. The Balaban J connectivity index is 2.37. The molecule has 1 saturated heterocycles. The molecule has 0 amide bonds. The molecule has 1 aromatic rings. The van der Waals surface area contributed by atoms with Gasteiger partial charge in [-0.1, -0.05) is 0 Å². The third-order valence-corrected chi connectivity index (χ3v) is 2.43. The van der Waals surface area contributed by atoms with Crippen LogP contribution in [0.5, 0.6) is 0 Å². The van der Waals surface area contributed by atoms with Crippen molar-refractivity contribution < 1.29 is 9.15 Å². The third kappa shape index (κ3) is 1.24. The molecular weight excluding hydrogens is 182 g/mol. The molecule has 2 N–H and O–H groups in total. The average Bonchev–Trinajstić information content (AvgIpc) is 2.73. The summed E-state index contributed by atoms with van der Waals surface area (Å²) in [5, 5.41) is 8.67. The number of hydrogen-bond acceptors (Lipinski definition) is 5. The fraction of sp³-hybridized carbons (Fsp3) is 0.556. The quantitative estimate of drug-likeness (QED) is 0.723. The normalized spacial score (nSPS) is 26.3. The maximum Gasteiger partial charge on any atom is 0.230 e. The molecule has 74 valence electrons.